The van der Waals surface area contributed by atoms with Crippen molar-refractivity contribution in [2.75, 3.05) is 12.3 Å². The van der Waals surface area contributed by atoms with E-state index < -0.39 is 32.7 Å². The van der Waals surface area contributed by atoms with Gasteiger partial charge >= 0.3 is 0 Å². The summed E-state index contributed by atoms with van der Waals surface area (Å²) in [7, 11) is -4.29. The Morgan fingerprint density at radius 2 is 1.90 bits per heavy atom. The van der Waals surface area contributed by atoms with E-state index in [0.717, 1.165) is 6.07 Å². The van der Waals surface area contributed by atoms with Crippen LogP contribution in [0.3, 0.4) is 0 Å². The molecule has 0 bridgehead atoms. The molecular formula is C13H20F2N2O3S. The summed E-state index contributed by atoms with van der Waals surface area (Å²) in [5.41, 5.74) is 4.92. The number of sulfonamides is 1. The lowest BCUT2D eigenvalue weighted by Crippen LogP contribution is -2.34. The average Bonchev–Trinajstić information content (AvgIpc) is 2.29. The zero-order valence-corrected chi connectivity index (χ0v) is 13.0. The normalized spacial score (nSPS) is 14.2. The maximum atomic E-state index is 13.6. The Kier molecular flexibility index (Phi) is 5.30. The number of benzene rings is 1. The van der Waals surface area contributed by atoms with Gasteiger partial charge in [-0.1, -0.05) is 20.8 Å². The monoisotopic (exact) mass is 322 g/mol. The largest absolute Gasteiger partial charge is 0.399 e. The highest BCUT2D eigenvalue weighted by Gasteiger charge is 2.24. The Hall–Kier alpha value is -1.25. The first-order valence-corrected chi connectivity index (χ1v) is 7.83. The van der Waals surface area contributed by atoms with Crippen LogP contribution in [0.15, 0.2) is 17.0 Å². The van der Waals surface area contributed by atoms with Gasteiger partial charge in [-0.25, -0.2) is 21.9 Å². The fourth-order valence-electron chi connectivity index (χ4n) is 1.84. The number of halogens is 2. The number of nitrogens with two attached hydrogens (primary N) is 1. The van der Waals surface area contributed by atoms with E-state index in [2.05, 4.69) is 4.72 Å². The number of aliphatic hydroxyl groups excluding tert-OH is 1. The van der Waals surface area contributed by atoms with Crippen LogP contribution in [0.2, 0.25) is 0 Å². The molecule has 1 aromatic rings. The van der Waals surface area contributed by atoms with Crippen LogP contribution in [0.5, 0.6) is 0 Å². The van der Waals surface area contributed by atoms with Crippen LogP contribution < -0.4 is 10.5 Å². The quantitative estimate of drug-likeness (QED) is 0.718. The highest BCUT2D eigenvalue weighted by molar-refractivity contribution is 7.89. The number of aliphatic hydroxyl groups is 1. The standard InChI is InChI=1S/C13H20F2N2O3S/c1-13(2,3)6-9(18)7-17-21(19,20)11-5-8(16)4-10(14)12(11)15/h4-5,9,17-18H,6-7,16H2,1-3H3. The maximum Gasteiger partial charge on any atom is 0.243 e. The fourth-order valence-corrected chi connectivity index (χ4v) is 3.03. The van der Waals surface area contributed by atoms with E-state index in [0.29, 0.717) is 12.5 Å². The van der Waals surface area contributed by atoms with Crippen molar-refractivity contribution in [2.24, 2.45) is 5.41 Å². The predicted octanol–water partition coefficient (Wildman–Crippen LogP) is 1.62. The Labute approximate surface area is 123 Å². The van der Waals surface area contributed by atoms with Crippen molar-refractivity contribution in [1.82, 2.24) is 4.72 Å². The van der Waals surface area contributed by atoms with Crippen LogP contribution >= 0.6 is 0 Å². The van der Waals surface area contributed by atoms with Crippen LogP contribution in [0.4, 0.5) is 14.5 Å². The van der Waals surface area contributed by atoms with Crippen molar-refractivity contribution in [3.8, 4) is 0 Å². The van der Waals surface area contributed by atoms with Gasteiger partial charge in [0.1, 0.15) is 4.90 Å². The summed E-state index contributed by atoms with van der Waals surface area (Å²) in [5, 5.41) is 9.75. The number of nitrogens with one attached hydrogen (secondary N) is 1. The topological polar surface area (TPSA) is 92.4 Å². The first-order valence-electron chi connectivity index (χ1n) is 6.34. The van der Waals surface area contributed by atoms with Gasteiger partial charge in [0.2, 0.25) is 10.0 Å². The zero-order chi connectivity index (χ0) is 16.4. The van der Waals surface area contributed by atoms with E-state index >= 15 is 0 Å². The van der Waals surface area contributed by atoms with Gasteiger partial charge < -0.3 is 10.8 Å². The van der Waals surface area contributed by atoms with Gasteiger partial charge in [-0.2, -0.15) is 0 Å². The van der Waals surface area contributed by atoms with E-state index in [-0.39, 0.29) is 17.6 Å². The van der Waals surface area contributed by atoms with Crippen LogP contribution in [-0.2, 0) is 10.0 Å². The number of hydrogen-bond acceptors (Lipinski definition) is 4. The molecule has 120 valence electrons. The number of hydrogen-bond donors (Lipinski definition) is 3. The van der Waals surface area contributed by atoms with Crippen LogP contribution in [0.25, 0.3) is 0 Å². The van der Waals surface area contributed by atoms with E-state index in [9.17, 15) is 22.3 Å². The minimum absolute atomic E-state index is 0.195. The van der Waals surface area contributed by atoms with Crippen molar-refractivity contribution < 1.29 is 22.3 Å². The maximum absolute atomic E-state index is 13.6. The van der Waals surface area contributed by atoms with Gasteiger partial charge in [0.05, 0.1) is 6.10 Å². The molecule has 5 nitrogen and oxygen atoms in total. The van der Waals surface area contributed by atoms with Crippen LogP contribution in [0.1, 0.15) is 27.2 Å². The molecule has 8 heteroatoms. The highest BCUT2D eigenvalue weighted by Crippen LogP contribution is 2.22. The molecule has 1 aromatic carbocycles. The second-order valence-electron chi connectivity index (χ2n) is 6.09. The summed E-state index contributed by atoms with van der Waals surface area (Å²) in [4.78, 5) is -0.872. The predicted molar refractivity (Wildman–Crippen MR) is 76.0 cm³/mol. The zero-order valence-electron chi connectivity index (χ0n) is 12.2. The van der Waals surface area contributed by atoms with Gasteiger partial charge in [-0.05, 0) is 24.0 Å². The highest BCUT2D eigenvalue weighted by atomic mass is 32.2. The number of rotatable bonds is 5. The summed E-state index contributed by atoms with van der Waals surface area (Å²) in [6.07, 6.45) is -0.586. The Morgan fingerprint density at radius 3 is 2.43 bits per heavy atom. The van der Waals surface area contributed by atoms with Gasteiger partial charge in [0.15, 0.2) is 11.6 Å². The Balaban J connectivity index is 2.88. The minimum Gasteiger partial charge on any atom is -0.399 e. The van der Waals surface area contributed by atoms with E-state index in [1.54, 1.807) is 0 Å². The molecule has 0 fully saturated rings. The van der Waals surface area contributed by atoms with Gasteiger partial charge in [0, 0.05) is 12.2 Å². The molecule has 0 aliphatic rings. The lowest BCUT2D eigenvalue weighted by Gasteiger charge is -2.22. The summed E-state index contributed by atoms with van der Waals surface area (Å²) in [6.45, 7) is 5.36. The van der Waals surface area contributed by atoms with Crippen molar-refractivity contribution >= 4 is 15.7 Å². The lowest BCUT2D eigenvalue weighted by atomic mass is 9.89. The summed E-state index contributed by atoms with van der Waals surface area (Å²) >= 11 is 0. The molecule has 0 saturated heterocycles. The molecular weight excluding hydrogens is 302 g/mol. The van der Waals surface area contributed by atoms with Gasteiger partial charge in [-0.15, -0.1) is 0 Å². The van der Waals surface area contributed by atoms with Crippen LogP contribution in [0, 0.1) is 17.0 Å². The average molecular weight is 322 g/mol. The van der Waals surface area contributed by atoms with Crippen LogP contribution in [-0.4, -0.2) is 26.2 Å². The molecule has 0 radical (unpaired) electrons. The number of nitrogen functional groups attached to an aromatic ring is 1. The molecule has 0 aromatic heterocycles. The third kappa shape index (κ3) is 5.22. The van der Waals surface area contributed by atoms with Crippen molar-refractivity contribution in [2.45, 2.75) is 38.2 Å². The minimum atomic E-state index is -4.29. The molecule has 0 spiro atoms. The lowest BCUT2D eigenvalue weighted by molar-refractivity contribution is 0.125. The molecule has 0 heterocycles. The first kappa shape index (κ1) is 17.8. The van der Waals surface area contributed by atoms with E-state index in [4.69, 9.17) is 5.73 Å². The van der Waals surface area contributed by atoms with Crippen molar-refractivity contribution in [3.63, 3.8) is 0 Å². The Morgan fingerprint density at radius 1 is 1.33 bits per heavy atom. The molecule has 1 rings (SSSR count). The molecule has 1 atom stereocenters. The summed E-state index contributed by atoms with van der Waals surface area (Å²) in [6, 6.07) is 1.53. The summed E-state index contributed by atoms with van der Waals surface area (Å²) in [5.74, 6) is -2.84. The second kappa shape index (κ2) is 6.25. The molecule has 0 saturated carbocycles. The molecule has 0 amide bonds. The SMILES string of the molecule is CC(C)(C)CC(O)CNS(=O)(=O)c1cc(N)cc(F)c1F. The van der Waals surface area contributed by atoms with E-state index in [1.165, 1.54) is 0 Å². The smallest absolute Gasteiger partial charge is 0.243 e. The molecule has 4 N–H and O–H groups in total. The van der Waals surface area contributed by atoms with Gasteiger partial charge in [0.25, 0.3) is 0 Å². The number of anilines is 1. The summed E-state index contributed by atoms with van der Waals surface area (Å²) < 4.78 is 52.7. The molecule has 21 heavy (non-hydrogen) atoms. The van der Waals surface area contributed by atoms with Crippen molar-refractivity contribution in [3.05, 3.63) is 23.8 Å². The fraction of sp³-hybridized carbons (Fsp3) is 0.538. The molecule has 1 unspecified atom stereocenters. The molecule has 0 aliphatic heterocycles. The third-order valence-electron chi connectivity index (χ3n) is 2.66. The molecule has 0 aliphatic carbocycles. The van der Waals surface area contributed by atoms with Crippen molar-refractivity contribution in [1.29, 1.82) is 0 Å². The van der Waals surface area contributed by atoms with E-state index in [1.807, 2.05) is 20.8 Å². The van der Waals surface area contributed by atoms with Gasteiger partial charge in [-0.3, -0.25) is 0 Å². The third-order valence-corrected chi connectivity index (χ3v) is 4.09. The Bertz CT molecular complexity index is 613. The first-order chi connectivity index (χ1) is 9.42. The second-order valence-corrected chi connectivity index (χ2v) is 7.82.